The van der Waals surface area contributed by atoms with Crippen molar-refractivity contribution in [2.75, 3.05) is 26.2 Å². The Morgan fingerprint density at radius 3 is 2.65 bits per heavy atom. The van der Waals surface area contributed by atoms with Crippen molar-refractivity contribution in [3.63, 3.8) is 0 Å². The summed E-state index contributed by atoms with van der Waals surface area (Å²) < 4.78 is 0. The van der Waals surface area contributed by atoms with Crippen molar-refractivity contribution < 1.29 is 14.7 Å². The second kappa shape index (κ2) is 6.52. The number of aliphatic hydroxyl groups is 1. The summed E-state index contributed by atoms with van der Waals surface area (Å²) >= 11 is 0. The molecule has 20 heavy (non-hydrogen) atoms. The fourth-order valence-electron chi connectivity index (χ4n) is 2.28. The maximum Gasteiger partial charge on any atom is 0.251 e. The van der Waals surface area contributed by atoms with Gasteiger partial charge in [0.05, 0.1) is 6.54 Å². The van der Waals surface area contributed by atoms with Gasteiger partial charge in [0.15, 0.2) is 0 Å². The number of amides is 2. The molecule has 1 saturated heterocycles. The second-order valence-electron chi connectivity index (χ2n) is 5.23. The molecule has 1 unspecified atom stereocenters. The molecule has 0 saturated carbocycles. The molecule has 0 aromatic heterocycles. The van der Waals surface area contributed by atoms with Crippen LogP contribution in [-0.4, -0.2) is 48.1 Å². The molecule has 0 bridgehead atoms. The summed E-state index contributed by atoms with van der Waals surface area (Å²) in [5.74, 6) is -0.163. The molecule has 0 radical (unpaired) electrons. The van der Waals surface area contributed by atoms with Crippen LogP contribution in [0.3, 0.4) is 0 Å². The molecule has 0 aliphatic carbocycles. The van der Waals surface area contributed by atoms with Gasteiger partial charge >= 0.3 is 0 Å². The molecule has 1 fully saturated rings. The van der Waals surface area contributed by atoms with Gasteiger partial charge in [0.2, 0.25) is 5.91 Å². The Labute approximate surface area is 118 Å². The van der Waals surface area contributed by atoms with Gasteiger partial charge in [0.25, 0.3) is 5.91 Å². The lowest BCUT2D eigenvalue weighted by atomic mass is 10.1. The van der Waals surface area contributed by atoms with Crippen LogP contribution in [-0.2, 0) is 4.79 Å². The number of rotatable bonds is 4. The van der Waals surface area contributed by atoms with Gasteiger partial charge in [0, 0.05) is 31.2 Å². The largest absolute Gasteiger partial charge is 0.396 e. The van der Waals surface area contributed by atoms with E-state index >= 15 is 0 Å². The molecular formula is C15H20N2O3. The average Bonchev–Trinajstić information content (AvgIpc) is 2.94. The Hall–Kier alpha value is -1.88. The summed E-state index contributed by atoms with van der Waals surface area (Å²) in [6.07, 6.45) is 0.828. The number of carbonyl (C=O) groups excluding carboxylic acids is 2. The van der Waals surface area contributed by atoms with Crippen LogP contribution < -0.4 is 5.32 Å². The Morgan fingerprint density at radius 1 is 1.35 bits per heavy atom. The van der Waals surface area contributed by atoms with Gasteiger partial charge in [-0.1, -0.05) is 17.7 Å². The van der Waals surface area contributed by atoms with Crippen molar-refractivity contribution in [2.45, 2.75) is 13.3 Å². The van der Waals surface area contributed by atoms with Crippen molar-refractivity contribution in [3.8, 4) is 0 Å². The fourth-order valence-corrected chi connectivity index (χ4v) is 2.28. The van der Waals surface area contributed by atoms with E-state index in [1.165, 1.54) is 0 Å². The maximum atomic E-state index is 11.9. The summed E-state index contributed by atoms with van der Waals surface area (Å²) in [7, 11) is 0. The molecule has 2 amide bonds. The highest BCUT2D eigenvalue weighted by molar-refractivity contribution is 5.96. The van der Waals surface area contributed by atoms with Gasteiger partial charge in [0.1, 0.15) is 0 Å². The Kier molecular flexibility index (Phi) is 4.74. The standard InChI is InChI=1S/C15H20N2O3/c1-11-2-4-13(5-3-11)15(20)16-8-14(19)17-7-6-12(9-17)10-18/h2-5,12,18H,6-10H2,1H3,(H,16,20). The van der Waals surface area contributed by atoms with E-state index in [9.17, 15) is 9.59 Å². The first-order valence-corrected chi connectivity index (χ1v) is 6.83. The van der Waals surface area contributed by atoms with E-state index in [1.807, 2.05) is 19.1 Å². The molecular weight excluding hydrogens is 256 g/mol. The van der Waals surface area contributed by atoms with Crippen molar-refractivity contribution in [2.24, 2.45) is 5.92 Å². The number of hydrogen-bond acceptors (Lipinski definition) is 3. The van der Waals surface area contributed by atoms with Crippen molar-refractivity contribution in [3.05, 3.63) is 35.4 Å². The molecule has 108 valence electrons. The summed E-state index contributed by atoms with van der Waals surface area (Å²) in [6, 6.07) is 7.21. The van der Waals surface area contributed by atoms with Gasteiger partial charge in [-0.15, -0.1) is 0 Å². The molecule has 1 aromatic carbocycles. The summed E-state index contributed by atoms with van der Waals surface area (Å²) in [4.78, 5) is 25.5. The Morgan fingerprint density at radius 2 is 2.05 bits per heavy atom. The minimum atomic E-state index is -0.240. The smallest absolute Gasteiger partial charge is 0.251 e. The third-order valence-corrected chi connectivity index (χ3v) is 3.61. The lowest BCUT2D eigenvalue weighted by Gasteiger charge is -2.16. The molecule has 0 spiro atoms. The van der Waals surface area contributed by atoms with Crippen LogP contribution in [0, 0.1) is 12.8 Å². The third-order valence-electron chi connectivity index (χ3n) is 3.61. The fraction of sp³-hybridized carbons (Fsp3) is 0.467. The van der Waals surface area contributed by atoms with E-state index in [4.69, 9.17) is 5.11 Å². The van der Waals surface area contributed by atoms with Gasteiger partial charge < -0.3 is 15.3 Å². The van der Waals surface area contributed by atoms with Crippen molar-refractivity contribution in [1.29, 1.82) is 0 Å². The third kappa shape index (κ3) is 3.57. The van der Waals surface area contributed by atoms with Crippen molar-refractivity contribution >= 4 is 11.8 Å². The molecule has 5 heteroatoms. The van der Waals surface area contributed by atoms with Gasteiger partial charge in [-0.25, -0.2) is 0 Å². The van der Waals surface area contributed by atoms with Crippen LogP contribution in [0.4, 0.5) is 0 Å². The first kappa shape index (κ1) is 14.5. The monoisotopic (exact) mass is 276 g/mol. The van der Waals surface area contributed by atoms with E-state index in [1.54, 1.807) is 17.0 Å². The van der Waals surface area contributed by atoms with Crippen LogP contribution in [0.5, 0.6) is 0 Å². The predicted octanol–water partition coefficient (Wildman–Crippen LogP) is 0.566. The lowest BCUT2D eigenvalue weighted by Crippen LogP contribution is -2.39. The SMILES string of the molecule is Cc1ccc(C(=O)NCC(=O)N2CCC(CO)C2)cc1. The number of likely N-dealkylation sites (tertiary alicyclic amines) is 1. The first-order valence-electron chi connectivity index (χ1n) is 6.83. The van der Waals surface area contributed by atoms with E-state index in [2.05, 4.69) is 5.32 Å². The lowest BCUT2D eigenvalue weighted by molar-refractivity contribution is -0.129. The number of aryl methyl sites for hydroxylation is 1. The number of nitrogens with zero attached hydrogens (tertiary/aromatic N) is 1. The van der Waals surface area contributed by atoms with Gasteiger partial charge in [-0.3, -0.25) is 9.59 Å². The zero-order valence-electron chi connectivity index (χ0n) is 11.6. The quantitative estimate of drug-likeness (QED) is 0.844. The van der Waals surface area contributed by atoms with Crippen LogP contribution in [0.2, 0.25) is 0 Å². The number of hydrogen-bond donors (Lipinski definition) is 2. The Bertz CT molecular complexity index is 484. The highest BCUT2D eigenvalue weighted by Crippen LogP contribution is 2.15. The van der Waals surface area contributed by atoms with Gasteiger partial charge in [-0.2, -0.15) is 0 Å². The van der Waals surface area contributed by atoms with Crippen LogP contribution in [0.15, 0.2) is 24.3 Å². The summed E-state index contributed by atoms with van der Waals surface area (Å²) in [5, 5.41) is 11.7. The van der Waals surface area contributed by atoms with E-state index in [0.29, 0.717) is 18.7 Å². The Balaban J connectivity index is 1.81. The van der Waals surface area contributed by atoms with Crippen molar-refractivity contribution in [1.82, 2.24) is 10.2 Å². The zero-order valence-corrected chi connectivity index (χ0v) is 11.6. The predicted molar refractivity (Wildman–Crippen MR) is 75.3 cm³/mol. The normalized spacial score (nSPS) is 18.1. The molecule has 1 aromatic rings. The van der Waals surface area contributed by atoms with E-state index < -0.39 is 0 Å². The molecule has 1 heterocycles. The topological polar surface area (TPSA) is 69.6 Å². The highest BCUT2D eigenvalue weighted by atomic mass is 16.3. The van der Waals surface area contributed by atoms with Crippen LogP contribution in [0.1, 0.15) is 22.3 Å². The minimum Gasteiger partial charge on any atom is -0.396 e. The van der Waals surface area contributed by atoms with E-state index in [-0.39, 0.29) is 30.9 Å². The highest BCUT2D eigenvalue weighted by Gasteiger charge is 2.25. The minimum absolute atomic E-state index is 0.00482. The number of nitrogens with one attached hydrogen (secondary N) is 1. The second-order valence-corrected chi connectivity index (χ2v) is 5.23. The molecule has 1 atom stereocenters. The number of carbonyl (C=O) groups is 2. The molecule has 1 aliphatic heterocycles. The number of benzene rings is 1. The van der Waals surface area contributed by atoms with E-state index in [0.717, 1.165) is 12.0 Å². The maximum absolute atomic E-state index is 11.9. The molecule has 2 rings (SSSR count). The van der Waals surface area contributed by atoms with Crippen LogP contribution in [0.25, 0.3) is 0 Å². The summed E-state index contributed by atoms with van der Waals surface area (Å²) in [5.41, 5.74) is 1.64. The molecule has 1 aliphatic rings. The molecule has 5 nitrogen and oxygen atoms in total. The average molecular weight is 276 g/mol. The summed E-state index contributed by atoms with van der Waals surface area (Å²) in [6.45, 7) is 3.31. The molecule has 2 N–H and O–H groups in total. The van der Waals surface area contributed by atoms with Crippen LogP contribution >= 0.6 is 0 Å². The first-order chi connectivity index (χ1) is 9.60. The number of aliphatic hydroxyl groups excluding tert-OH is 1. The zero-order chi connectivity index (χ0) is 14.5. The van der Waals surface area contributed by atoms with Gasteiger partial charge in [-0.05, 0) is 25.5 Å².